The molecule has 1 saturated heterocycles. The van der Waals surface area contributed by atoms with Crippen molar-refractivity contribution >= 4 is 0 Å². The van der Waals surface area contributed by atoms with Crippen LogP contribution in [0.3, 0.4) is 0 Å². The van der Waals surface area contributed by atoms with E-state index in [1.54, 1.807) is 0 Å². The summed E-state index contributed by atoms with van der Waals surface area (Å²) in [6.45, 7) is 9.15. The monoisotopic (exact) mass is 218 g/mol. The highest BCUT2D eigenvalue weighted by Crippen LogP contribution is 2.21. The SMILES string of the molecule is CC(C)(CNCC1CNC1)c1ccccc1. The Morgan fingerprint density at radius 1 is 1.25 bits per heavy atom. The van der Waals surface area contributed by atoms with Crippen LogP contribution in [0, 0.1) is 5.92 Å². The minimum Gasteiger partial charge on any atom is -0.316 e. The first-order chi connectivity index (χ1) is 7.68. The zero-order valence-electron chi connectivity index (χ0n) is 10.3. The summed E-state index contributed by atoms with van der Waals surface area (Å²) in [5.41, 5.74) is 1.63. The quantitative estimate of drug-likeness (QED) is 0.787. The third kappa shape index (κ3) is 2.83. The molecule has 88 valence electrons. The van der Waals surface area contributed by atoms with Crippen molar-refractivity contribution in [3.63, 3.8) is 0 Å². The second-order valence-corrected chi connectivity index (χ2v) is 5.41. The fourth-order valence-electron chi connectivity index (χ4n) is 2.07. The van der Waals surface area contributed by atoms with Crippen LogP contribution in [0.2, 0.25) is 0 Å². The Hall–Kier alpha value is -0.860. The van der Waals surface area contributed by atoms with E-state index in [1.165, 1.54) is 18.7 Å². The summed E-state index contributed by atoms with van der Waals surface area (Å²) >= 11 is 0. The van der Waals surface area contributed by atoms with E-state index < -0.39 is 0 Å². The molecule has 2 nitrogen and oxygen atoms in total. The van der Waals surface area contributed by atoms with Gasteiger partial charge in [-0.15, -0.1) is 0 Å². The van der Waals surface area contributed by atoms with E-state index in [-0.39, 0.29) is 5.41 Å². The molecule has 16 heavy (non-hydrogen) atoms. The van der Waals surface area contributed by atoms with Gasteiger partial charge in [-0.25, -0.2) is 0 Å². The molecule has 1 aromatic rings. The standard InChI is InChI=1S/C14H22N2/c1-14(2,13-6-4-3-5-7-13)11-16-10-12-8-15-9-12/h3-7,12,15-16H,8-11H2,1-2H3. The molecule has 0 unspecified atom stereocenters. The van der Waals surface area contributed by atoms with Crippen molar-refractivity contribution in [2.45, 2.75) is 19.3 Å². The van der Waals surface area contributed by atoms with Gasteiger partial charge in [0.05, 0.1) is 0 Å². The fraction of sp³-hybridized carbons (Fsp3) is 0.571. The largest absolute Gasteiger partial charge is 0.316 e. The molecular weight excluding hydrogens is 196 g/mol. The molecule has 0 atom stereocenters. The maximum Gasteiger partial charge on any atom is 0.00433 e. The Kier molecular flexibility index (Phi) is 3.62. The van der Waals surface area contributed by atoms with Gasteiger partial charge in [-0.05, 0) is 11.5 Å². The molecule has 0 aliphatic carbocycles. The molecule has 2 heteroatoms. The Bertz CT molecular complexity index is 315. The van der Waals surface area contributed by atoms with Crippen molar-refractivity contribution in [1.82, 2.24) is 10.6 Å². The minimum atomic E-state index is 0.221. The van der Waals surface area contributed by atoms with Gasteiger partial charge in [-0.2, -0.15) is 0 Å². The van der Waals surface area contributed by atoms with Gasteiger partial charge in [0.25, 0.3) is 0 Å². The highest BCUT2D eigenvalue weighted by atomic mass is 15.0. The smallest absolute Gasteiger partial charge is 0.00433 e. The molecule has 0 radical (unpaired) electrons. The van der Waals surface area contributed by atoms with E-state index in [0.29, 0.717) is 0 Å². The van der Waals surface area contributed by atoms with E-state index in [4.69, 9.17) is 0 Å². The zero-order valence-corrected chi connectivity index (χ0v) is 10.3. The van der Waals surface area contributed by atoms with E-state index in [1.807, 2.05) is 0 Å². The summed E-state index contributed by atoms with van der Waals surface area (Å²) in [5.74, 6) is 0.839. The molecule has 1 aliphatic rings. The highest BCUT2D eigenvalue weighted by Gasteiger charge is 2.21. The Morgan fingerprint density at radius 3 is 2.50 bits per heavy atom. The first-order valence-electron chi connectivity index (χ1n) is 6.15. The zero-order chi connectivity index (χ0) is 11.4. The molecule has 0 aromatic heterocycles. The number of benzene rings is 1. The molecule has 1 heterocycles. The van der Waals surface area contributed by atoms with Crippen LogP contribution in [0.1, 0.15) is 19.4 Å². The van der Waals surface area contributed by atoms with Crippen LogP contribution in [0.5, 0.6) is 0 Å². The first kappa shape index (κ1) is 11.6. The summed E-state index contributed by atoms with van der Waals surface area (Å²) in [6, 6.07) is 10.7. The summed E-state index contributed by atoms with van der Waals surface area (Å²) in [7, 11) is 0. The minimum absolute atomic E-state index is 0.221. The van der Waals surface area contributed by atoms with Crippen LogP contribution in [0.4, 0.5) is 0 Å². The molecule has 1 aliphatic heterocycles. The average Bonchev–Trinajstić information content (AvgIpc) is 2.23. The average molecular weight is 218 g/mol. The topological polar surface area (TPSA) is 24.1 Å². The van der Waals surface area contributed by atoms with Crippen LogP contribution >= 0.6 is 0 Å². The van der Waals surface area contributed by atoms with Crippen LogP contribution in [0.15, 0.2) is 30.3 Å². The molecule has 0 bridgehead atoms. The van der Waals surface area contributed by atoms with Gasteiger partial charge in [0.2, 0.25) is 0 Å². The number of hydrogen-bond donors (Lipinski definition) is 2. The van der Waals surface area contributed by atoms with Gasteiger partial charge in [0, 0.05) is 31.6 Å². The molecule has 1 aromatic carbocycles. The second kappa shape index (κ2) is 4.98. The fourth-order valence-corrected chi connectivity index (χ4v) is 2.07. The van der Waals surface area contributed by atoms with Crippen LogP contribution in [-0.2, 0) is 5.41 Å². The van der Waals surface area contributed by atoms with Crippen LogP contribution in [-0.4, -0.2) is 26.2 Å². The summed E-state index contributed by atoms with van der Waals surface area (Å²) < 4.78 is 0. The lowest BCUT2D eigenvalue weighted by Gasteiger charge is -2.30. The molecule has 1 fully saturated rings. The Balaban J connectivity index is 1.82. The second-order valence-electron chi connectivity index (χ2n) is 5.41. The summed E-state index contributed by atoms with van der Waals surface area (Å²) in [5, 5.41) is 6.89. The van der Waals surface area contributed by atoms with E-state index >= 15 is 0 Å². The predicted molar refractivity (Wildman–Crippen MR) is 68.7 cm³/mol. The van der Waals surface area contributed by atoms with Gasteiger partial charge in [0.15, 0.2) is 0 Å². The number of hydrogen-bond acceptors (Lipinski definition) is 2. The van der Waals surface area contributed by atoms with Crippen molar-refractivity contribution in [1.29, 1.82) is 0 Å². The van der Waals surface area contributed by atoms with E-state index in [0.717, 1.165) is 19.0 Å². The van der Waals surface area contributed by atoms with E-state index in [9.17, 15) is 0 Å². The van der Waals surface area contributed by atoms with Gasteiger partial charge in [-0.1, -0.05) is 44.2 Å². The molecular formula is C14H22N2. The summed E-state index contributed by atoms with van der Waals surface area (Å²) in [6.07, 6.45) is 0. The van der Waals surface area contributed by atoms with Crippen molar-refractivity contribution in [3.8, 4) is 0 Å². The van der Waals surface area contributed by atoms with Gasteiger partial charge < -0.3 is 10.6 Å². The van der Waals surface area contributed by atoms with Crippen molar-refractivity contribution in [2.75, 3.05) is 26.2 Å². The Labute approximate surface area is 98.4 Å². The van der Waals surface area contributed by atoms with Gasteiger partial charge >= 0.3 is 0 Å². The van der Waals surface area contributed by atoms with Crippen LogP contribution in [0.25, 0.3) is 0 Å². The maximum atomic E-state index is 3.59. The summed E-state index contributed by atoms with van der Waals surface area (Å²) in [4.78, 5) is 0. The van der Waals surface area contributed by atoms with Crippen molar-refractivity contribution in [2.24, 2.45) is 5.92 Å². The first-order valence-corrected chi connectivity index (χ1v) is 6.15. The van der Waals surface area contributed by atoms with Gasteiger partial charge in [-0.3, -0.25) is 0 Å². The molecule has 0 spiro atoms. The third-order valence-electron chi connectivity index (χ3n) is 3.42. The molecule has 0 amide bonds. The normalized spacial score (nSPS) is 17.1. The Morgan fingerprint density at radius 2 is 1.94 bits per heavy atom. The number of rotatable bonds is 5. The lowest BCUT2D eigenvalue weighted by atomic mass is 9.84. The van der Waals surface area contributed by atoms with Crippen molar-refractivity contribution < 1.29 is 0 Å². The van der Waals surface area contributed by atoms with Crippen LogP contribution < -0.4 is 10.6 Å². The van der Waals surface area contributed by atoms with E-state index in [2.05, 4.69) is 54.8 Å². The molecule has 0 saturated carbocycles. The molecule has 2 rings (SSSR count). The lowest BCUT2D eigenvalue weighted by molar-refractivity contribution is 0.319. The third-order valence-corrected chi connectivity index (χ3v) is 3.42. The van der Waals surface area contributed by atoms with Crippen molar-refractivity contribution in [3.05, 3.63) is 35.9 Å². The number of nitrogens with one attached hydrogen (secondary N) is 2. The maximum absolute atomic E-state index is 3.59. The lowest BCUT2D eigenvalue weighted by Crippen LogP contribution is -2.48. The molecule has 2 N–H and O–H groups in total. The predicted octanol–water partition coefficient (Wildman–Crippen LogP) is 1.77. The highest BCUT2D eigenvalue weighted by molar-refractivity contribution is 5.23. The van der Waals surface area contributed by atoms with Gasteiger partial charge in [0.1, 0.15) is 0 Å².